The van der Waals surface area contributed by atoms with Crippen LogP contribution in [0.15, 0.2) is 36.5 Å². The molecule has 0 spiro atoms. The molecule has 0 aliphatic carbocycles. The molecule has 2 N–H and O–H groups in total. The van der Waals surface area contributed by atoms with Crippen molar-refractivity contribution >= 4 is 28.8 Å². The van der Waals surface area contributed by atoms with Crippen molar-refractivity contribution in [2.24, 2.45) is 5.73 Å². The zero-order chi connectivity index (χ0) is 14.1. The molecule has 20 heavy (non-hydrogen) atoms. The molecule has 104 valence electrons. The third-order valence-electron chi connectivity index (χ3n) is 3.61. The largest absolute Gasteiger partial charge is 0.371 e. The first-order valence-electron chi connectivity index (χ1n) is 6.63. The molecule has 1 aromatic carbocycles. The highest BCUT2D eigenvalue weighted by Crippen LogP contribution is 2.38. The molecule has 4 nitrogen and oxygen atoms in total. The van der Waals surface area contributed by atoms with Crippen LogP contribution in [0.3, 0.4) is 0 Å². The molecular formula is C15H17ClN4. The van der Waals surface area contributed by atoms with Gasteiger partial charge in [-0.05, 0) is 23.8 Å². The van der Waals surface area contributed by atoms with Gasteiger partial charge in [-0.25, -0.2) is 4.98 Å². The quantitative estimate of drug-likeness (QED) is 0.923. The van der Waals surface area contributed by atoms with E-state index in [9.17, 15) is 0 Å². The summed E-state index contributed by atoms with van der Waals surface area (Å²) in [5, 5.41) is 0.646. The minimum Gasteiger partial charge on any atom is -0.371 e. The van der Waals surface area contributed by atoms with Gasteiger partial charge in [0.2, 0.25) is 0 Å². The lowest BCUT2D eigenvalue weighted by Gasteiger charge is -2.36. The minimum absolute atomic E-state index is 0.451. The number of rotatable bonds is 2. The van der Waals surface area contributed by atoms with E-state index in [0.717, 1.165) is 30.2 Å². The van der Waals surface area contributed by atoms with Gasteiger partial charge in [-0.1, -0.05) is 23.7 Å². The smallest absolute Gasteiger partial charge is 0.151 e. The Morgan fingerprint density at radius 1 is 1.25 bits per heavy atom. The van der Waals surface area contributed by atoms with Gasteiger partial charge in [-0.15, -0.1) is 0 Å². The summed E-state index contributed by atoms with van der Waals surface area (Å²) >= 11 is 6.37. The van der Waals surface area contributed by atoms with Crippen LogP contribution < -0.4 is 15.5 Å². The van der Waals surface area contributed by atoms with E-state index in [0.29, 0.717) is 11.6 Å². The highest BCUT2D eigenvalue weighted by Gasteiger charge is 2.23. The van der Waals surface area contributed by atoms with Crippen LogP contribution >= 0.6 is 11.6 Å². The number of likely N-dealkylation sites (N-methyl/N-ethyl adjacent to an activating group) is 1. The van der Waals surface area contributed by atoms with Gasteiger partial charge in [0.05, 0.1) is 16.4 Å². The van der Waals surface area contributed by atoms with Gasteiger partial charge in [-0.2, -0.15) is 0 Å². The fraction of sp³-hybridized carbons (Fsp3) is 0.267. The van der Waals surface area contributed by atoms with Gasteiger partial charge < -0.3 is 15.5 Å². The summed E-state index contributed by atoms with van der Waals surface area (Å²) in [6.07, 6.45) is 1.79. The Morgan fingerprint density at radius 3 is 2.70 bits per heavy atom. The Balaban J connectivity index is 2.05. The zero-order valence-electron chi connectivity index (χ0n) is 11.4. The van der Waals surface area contributed by atoms with Gasteiger partial charge >= 0.3 is 0 Å². The Hall–Kier alpha value is -1.78. The number of hydrogen-bond acceptors (Lipinski definition) is 4. The molecule has 0 fully saturated rings. The second kappa shape index (κ2) is 5.31. The van der Waals surface area contributed by atoms with E-state index in [1.807, 2.05) is 18.2 Å². The Kier molecular flexibility index (Phi) is 3.51. The minimum atomic E-state index is 0.451. The molecule has 2 heterocycles. The summed E-state index contributed by atoms with van der Waals surface area (Å²) in [6, 6.07) is 10.2. The third-order valence-corrected chi connectivity index (χ3v) is 3.89. The average molecular weight is 289 g/mol. The number of fused-ring (bicyclic) bond motifs is 1. The lowest BCUT2D eigenvalue weighted by Crippen LogP contribution is -2.36. The number of benzene rings is 1. The van der Waals surface area contributed by atoms with Crippen LogP contribution in [0.4, 0.5) is 17.2 Å². The van der Waals surface area contributed by atoms with Crippen molar-refractivity contribution in [3.8, 4) is 0 Å². The maximum atomic E-state index is 6.37. The van der Waals surface area contributed by atoms with E-state index in [-0.39, 0.29) is 0 Å². The van der Waals surface area contributed by atoms with Crippen LogP contribution in [-0.4, -0.2) is 25.1 Å². The lowest BCUT2D eigenvalue weighted by atomic mass is 10.1. The molecule has 1 aromatic heterocycles. The first-order chi connectivity index (χ1) is 9.70. The van der Waals surface area contributed by atoms with Crippen molar-refractivity contribution < 1.29 is 0 Å². The summed E-state index contributed by atoms with van der Waals surface area (Å²) in [7, 11) is 2.10. The number of halogens is 1. The summed E-state index contributed by atoms with van der Waals surface area (Å²) in [4.78, 5) is 8.90. The van der Waals surface area contributed by atoms with E-state index in [4.69, 9.17) is 17.3 Å². The summed E-state index contributed by atoms with van der Waals surface area (Å²) in [5.41, 5.74) is 8.90. The topological polar surface area (TPSA) is 45.4 Å². The van der Waals surface area contributed by atoms with Crippen molar-refractivity contribution in [2.45, 2.75) is 6.54 Å². The van der Waals surface area contributed by atoms with E-state index in [1.165, 1.54) is 5.69 Å². The molecule has 0 unspecified atom stereocenters. The van der Waals surface area contributed by atoms with Crippen LogP contribution in [0.25, 0.3) is 0 Å². The number of para-hydroxylation sites is 2. The number of anilines is 3. The van der Waals surface area contributed by atoms with Gasteiger partial charge in [0.25, 0.3) is 0 Å². The van der Waals surface area contributed by atoms with Crippen LogP contribution in [0.1, 0.15) is 5.56 Å². The molecule has 3 rings (SSSR count). The fourth-order valence-corrected chi connectivity index (χ4v) is 2.80. The maximum absolute atomic E-state index is 6.37. The van der Waals surface area contributed by atoms with Gasteiger partial charge in [0.15, 0.2) is 5.82 Å². The summed E-state index contributed by atoms with van der Waals surface area (Å²) in [6.45, 7) is 2.25. The van der Waals surface area contributed by atoms with Crippen molar-refractivity contribution in [3.05, 3.63) is 47.1 Å². The average Bonchev–Trinajstić information content (AvgIpc) is 2.48. The monoisotopic (exact) mass is 288 g/mol. The number of nitrogens with two attached hydrogens (primary N) is 1. The second-order valence-electron chi connectivity index (χ2n) is 4.92. The highest BCUT2D eigenvalue weighted by molar-refractivity contribution is 6.33. The predicted octanol–water partition coefficient (Wildman–Crippen LogP) is 2.78. The molecule has 0 amide bonds. The van der Waals surface area contributed by atoms with Crippen LogP contribution in [0, 0.1) is 0 Å². The molecule has 2 aromatic rings. The molecule has 1 aliphatic rings. The molecule has 0 bridgehead atoms. The molecule has 0 atom stereocenters. The molecule has 5 heteroatoms. The molecule has 1 aliphatic heterocycles. The van der Waals surface area contributed by atoms with Gasteiger partial charge in [0, 0.05) is 32.9 Å². The van der Waals surface area contributed by atoms with E-state index < -0.39 is 0 Å². The summed E-state index contributed by atoms with van der Waals surface area (Å²) < 4.78 is 0. The standard InChI is InChI=1S/C15H17ClN4/c1-19-6-7-20(14-5-3-2-4-13(14)19)15-12(16)8-11(9-17)10-18-15/h2-5,8,10H,6-7,9,17H2,1H3. The number of nitrogens with zero attached hydrogens (tertiary/aromatic N) is 3. The second-order valence-corrected chi connectivity index (χ2v) is 5.32. The lowest BCUT2D eigenvalue weighted by molar-refractivity contribution is 0.812. The van der Waals surface area contributed by atoms with Crippen molar-refractivity contribution in [3.63, 3.8) is 0 Å². The van der Waals surface area contributed by atoms with E-state index in [1.54, 1.807) is 6.20 Å². The van der Waals surface area contributed by atoms with Crippen LogP contribution in [-0.2, 0) is 6.54 Å². The molecule has 0 saturated carbocycles. The number of hydrogen-bond donors (Lipinski definition) is 1. The molecule has 0 radical (unpaired) electrons. The first-order valence-corrected chi connectivity index (χ1v) is 7.00. The Morgan fingerprint density at radius 2 is 2.00 bits per heavy atom. The Labute approximate surface area is 123 Å². The van der Waals surface area contributed by atoms with Crippen LogP contribution in [0.5, 0.6) is 0 Å². The number of pyridine rings is 1. The van der Waals surface area contributed by atoms with Crippen molar-refractivity contribution in [1.29, 1.82) is 0 Å². The summed E-state index contributed by atoms with van der Waals surface area (Å²) in [5.74, 6) is 0.796. The van der Waals surface area contributed by atoms with E-state index >= 15 is 0 Å². The predicted molar refractivity (Wildman–Crippen MR) is 83.9 cm³/mol. The van der Waals surface area contributed by atoms with Crippen LogP contribution in [0.2, 0.25) is 5.02 Å². The fourth-order valence-electron chi connectivity index (χ4n) is 2.51. The van der Waals surface area contributed by atoms with Crippen molar-refractivity contribution in [1.82, 2.24) is 4.98 Å². The normalized spacial score (nSPS) is 14.3. The number of aromatic nitrogens is 1. The maximum Gasteiger partial charge on any atom is 0.151 e. The first kappa shape index (κ1) is 13.2. The zero-order valence-corrected chi connectivity index (χ0v) is 12.1. The molecular weight excluding hydrogens is 272 g/mol. The molecule has 0 saturated heterocycles. The van der Waals surface area contributed by atoms with E-state index in [2.05, 4.69) is 34.0 Å². The van der Waals surface area contributed by atoms with Gasteiger partial charge in [-0.3, -0.25) is 0 Å². The van der Waals surface area contributed by atoms with Crippen molar-refractivity contribution in [2.75, 3.05) is 29.9 Å². The Bertz CT molecular complexity index is 629. The highest BCUT2D eigenvalue weighted by atomic mass is 35.5. The van der Waals surface area contributed by atoms with Gasteiger partial charge in [0.1, 0.15) is 0 Å². The third kappa shape index (κ3) is 2.21. The SMILES string of the molecule is CN1CCN(c2ncc(CN)cc2Cl)c2ccccc21.